The second kappa shape index (κ2) is 8.28. The van der Waals surface area contributed by atoms with Gasteiger partial charge in [0.2, 0.25) is 0 Å². The largest absolute Gasteiger partial charge is 0.315 e. The predicted molar refractivity (Wildman–Crippen MR) is 80.3 cm³/mol. The summed E-state index contributed by atoms with van der Waals surface area (Å²) in [5, 5.41) is 3.44. The molecule has 18 heavy (non-hydrogen) atoms. The molecule has 1 aromatic carbocycles. The molecule has 0 aliphatic heterocycles. The molecule has 1 N–H and O–H groups in total. The molecule has 2 nitrogen and oxygen atoms in total. The number of nitrogens with zero attached hydrogens (tertiary/aromatic N) is 1. The molecular formula is C16H28N2. The lowest BCUT2D eigenvalue weighted by Crippen LogP contribution is -2.31. The predicted octanol–water partition coefficient (Wildman–Crippen LogP) is 2.78. The zero-order chi connectivity index (χ0) is 13.4. The SMILES string of the molecule is CCCNCCN(C)CCc1ccc(C)c(C)c1. The Morgan fingerprint density at radius 3 is 2.50 bits per heavy atom. The van der Waals surface area contributed by atoms with Gasteiger partial charge in [0.1, 0.15) is 0 Å². The molecule has 0 aliphatic rings. The minimum absolute atomic E-state index is 1.09. The van der Waals surface area contributed by atoms with Gasteiger partial charge in [0.15, 0.2) is 0 Å². The van der Waals surface area contributed by atoms with Gasteiger partial charge in [-0.2, -0.15) is 0 Å². The highest BCUT2D eigenvalue weighted by molar-refractivity contribution is 5.30. The van der Waals surface area contributed by atoms with Gasteiger partial charge in [-0.3, -0.25) is 0 Å². The standard InChI is InChI=1S/C16H28N2/c1-5-9-17-10-12-18(4)11-8-16-7-6-14(2)15(3)13-16/h6-7,13,17H,5,8-12H2,1-4H3. The van der Waals surface area contributed by atoms with Gasteiger partial charge in [-0.25, -0.2) is 0 Å². The molecule has 0 radical (unpaired) electrons. The normalized spacial score (nSPS) is 11.2. The average molecular weight is 248 g/mol. The van der Waals surface area contributed by atoms with Crippen molar-refractivity contribution in [1.82, 2.24) is 10.2 Å². The van der Waals surface area contributed by atoms with Crippen LogP contribution in [-0.2, 0) is 6.42 Å². The van der Waals surface area contributed by atoms with E-state index in [-0.39, 0.29) is 0 Å². The summed E-state index contributed by atoms with van der Waals surface area (Å²) in [7, 11) is 2.20. The first-order chi connectivity index (χ1) is 8.63. The summed E-state index contributed by atoms with van der Waals surface area (Å²) < 4.78 is 0. The third-order valence-corrected chi connectivity index (χ3v) is 3.45. The van der Waals surface area contributed by atoms with E-state index in [9.17, 15) is 0 Å². The lowest BCUT2D eigenvalue weighted by Gasteiger charge is -2.17. The maximum atomic E-state index is 3.44. The van der Waals surface area contributed by atoms with E-state index in [0.29, 0.717) is 0 Å². The molecule has 102 valence electrons. The number of benzene rings is 1. The molecule has 0 atom stereocenters. The number of likely N-dealkylation sites (N-methyl/N-ethyl adjacent to an activating group) is 1. The summed E-state index contributed by atoms with van der Waals surface area (Å²) in [6, 6.07) is 6.80. The van der Waals surface area contributed by atoms with Gasteiger partial charge in [-0.05, 0) is 57.0 Å². The van der Waals surface area contributed by atoms with Gasteiger partial charge in [0, 0.05) is 19.6 Å². The zero-order valence-corrected chi connectivity index (χ0v) is 12.4. The first-order valence-electron chi connectivity index (χ1n) is 7.09. The second-order valence-electron chi connectivity index (χ2n) is 5.22. The molecule has 0 aromatic heterocycles. The summed E-state index contributed by atoms with van der Waals surface area (Å²) in [5.74, 6) is 0. The third-order valence-electron chi connectivity index (χ3n) is 3.45. The molecular weight excluding hydrogens is 220 g/mol. The van der Waals surface area contributed by atoms with Crippen LogP contribution < -0.4 is 5.32 Å². The van der Waals surface area contributed by atoms with Crippen LogP contribution in [0.3, 0.4) is 0 Å². The maximum Gasteiger partial charge on any atom is 0.0104 e. The lowest BCUT2D eigenvalue weighted by atomic mass is 10.0. The van der Waals surface area contributed by atoms with E-state index in [1.165, 1.54) is 23.1 Å². The average Bonchev–Trinajstić information content (AvgIpc) is 2.36. The Morgan fingerprint density at radius 2 is 1.83 bits per heavy atom. The minimum atomic E-state index is 1.09. The maximum absolute atomic E-state index is 3.44. The highest BCUT2D eigenvalue weighted by atomic mass is 15.1. The summed E-state index contributed by atoms with van der Waals surface area (Å²) in [5.41, 5.74) is 4.24. The van der Waals surface area contributed by atoms with Crippen LogP contribution in [0, 0.1) is 13.8 Å². The van der Waals surface area contributed by atoms with Crippen LogP contribution in [0.2, 0.25) is 0 Å². The molecule has 0 unspecified atom stereocenters. The molecule has 1 aromatic rings. The zero-order valence-electron chi connectivity index (χ0n) is 12.4. The van der Waals surface area contributed by atoms with Crippen LogP contribution in [0.1, 0.15) is 30.0 Å². The second-order valence-corrected chi connectivity index (χ2v) is 5.22. The highest BCUT2D eigenvalue weighted by Gasteiger charge is 2.00. The first-order valence-corrected chi connectivity index (χ1v) is 7.09. The summed E-state index contributed by atoms with van der Waals surface area (Å²) >= 11 is 0. The number of nitrogens with one attached hydrogen (secondary N) is 1. The third kappa shape index (κ3) is 5.65. The minimum Gasteiger partial charge on any atom is -0.315 e. The topological polar surface area (TPSA) is 15.3 Å². The Balaban J connectivity index is 2.24. The summed E-state index contributed by atoms with van der Waals surface area (Å²) in [6.45, 7) is 11.1. The van der Waals surface area contributed by atoms with Crippen molar-refractivity contribution in [2.24, 2.45) is 0 Å². The number of hydrogen-bond donors (Lipinski definition) is 1. The van der Waals surface area contributed by atoms with Gasteiger partial charge >= 0.3 is 0 Å². The van der Waals surface area contributed by atoms with Crippen LogP contribution in [-0.4, -0.2) is 38.1 Å². The van der Waals surface area contributed by atoms with E-state index in [0.717, 1.165) is 32.6 Å². The smallest absolute Gasteiger partial charge is 0.0104 e. The fraction of sp³-hybridized carbons (Fsp3) is 0.625. The molecule has 0 amide bonds. The molecule has 0 saturated heterocycles. The van der Waals surface area contributed by atoms with E-state index in [1.54, 1.807) is 0 Å². The van der Waals surface area contributed by atoms with E-state index in [1.807, 2.05) is 0 Å². The molecule has 0 fully saturated rings. The van der Waals surface area contributed by atoms with E-state index < -0.39 is 0 Å². The summed E-state index contributed by atoms with van der Waals surface area (Å²) in [4.78, 5) is 2.40. The number of aryl methyl sites for hydroxylation is 2. The van der Waals surface area contributed by atoms with Crippen LogP contribution >= 0.6 is 0 Å². The van der Waals surface area contributed by atoms with Crippen molar-refractivity contribution < 1.29 is 0 Å². The molecule has 0 aliphatic carbocycles. The Kier molecular flexibility index (Phi) is 6.99. The van der Waals surface area contributed by atoms with E-state index in [4.69, 9.17) is 0 Å². The van der Waals surface area contributed by atoms with Crippen molar-refractivity contribution in [3.8, 4) is 0 Å². The fourth-order valence-electron chi connectivity index (χ4n) is 1.96. The Morgan fingerprint density at radius 1 is 1.06 bits per heavy atom. The van der Waals surface area contributed by atoms with Crippen molar-refractivity contribution in [1.29, 1.82) is 0 Å². The molecule has 0 saturated carbocycles. The quantitative estimate of drug-likeness (QED) is 0.712. The van der Waals surface area contributed by atoms with Gasteiger partial charge in [-0.1, -0.05) is 25.1 Å². The van der Waals surface area contributed by atoms with Gasteiger partial charge in [-0.15, -0.1) is 0 Å². The monoisotopic (exact) mass is 248 g/mol. The van der Waals surface area contributed by atoms with E-state index in [2.05, 4.69) is 56.2 Å². The van der Waals surface area contributed by atoms with Crippen LogP contribution in [0.25, 0.3) is 0 Å². The molecule has 0 spiro atoms. The van der Waals surface area contributed by atoms with Crippen molar-refractivity contribution in [3.05, 3.63) is 34.9 Å². The van der Waals surface area contributed by atoms with Crippen molar-refractivity contribution in [3.63, 3.8) is 0 Å². The van der Waals surface area contributed by atoms with Gasteiger partial charge < -0.3 is 10.2 Å². The van der Waals surface area contributed by atoms with E-state index >= 15 is 0 Å². The Labute approximate surface area is 112 Å². The lowest BCUT2D eigenvalue weighted by molar-refractivity contribution is 0.336. The Bertz CT molecular complexity index is 347. The van der Waals surface area contributed by atoms with Crippen LogP contribution in [0.15, 0.2) is 18.2 Å². The van der Waals surface area contributed by atoms with Crippen LogP contribution in [0.4, 0.5) is 0 Å². The van der Waals surface area contributed by atoms with Crippen molar-refractivity contribution in [2.45, 2.75) is 33.6 Å². The molecule has 0 heterocycles. The number of rotatable bonds is 8. The molecule has 2 heteroatoms. The van der Waals surface area contributed by atoms with Gasteiger partial charge in [0.25, 0.3) is 0 Å². The molecule has 1 rings (SSSR count). The van der Waals surface area contributed by atoms with Gasteiger partial charge in [0.05, 0.1) is 0 Å². The summed E-state index contributed by atoms with van der Waals surface area (Å²) in [6.07, 6.45) is 2.36. The molecule has 0 bridgehead atoms. The van der Waals surface area contributed by atoms with Crippen molar-refractivity contribution >= 4 is 0 Å². The van der Waals surface area contributed by atoms with Crippen molar-refractivity contribution in [2.75, 3.05) is 33.2 Å². The highest BCUT2D eigenvalue weighted by Crippen LogP contribution is 2.10. The fourth-order valence-corrected chi connectivity index (χ4v) is 1.96. The first kappa shape index (κ1) is 15.2. The van der Waals surface area contributed by atoms with Crippen LogP contribution in [0.5, 0.6) is 0 Å². The Hall–Kier alpha value is -0.860. The number of hydrogen-bond acceptors (Lipinski definition) is 2.